The molecule has 0 amide bonds. The molecule has 0 aromatic rings. The maximum atomic E-state index is 10.0. The van der Waals surface area contributed by atoms with Gasteiger partial charge in [-0.3, -0.25) is 0 Å². The van der Waals surface area contributed by atoms with Crippen molar-refractivity contribution in [3.05, 3.63) is 22.2 Å². The molecule has 0 N–H and O–H groups in total. The van der Waals surface area contributed by atoms with Crippen LogP contribution in [0.1, 0.15) is 13.3 Å². The number of hydrogen-bond acceptors (Lipinski definition) is 3. The van der Waals surface area contributed by atoms with Gasteiger partial charge in [0, 0.05) is 4.91 Å². The number of azide groups is 1. The Kier molecular flexibility index (Phi) is 3.75. The van der Waals surface area contributed by atoms with E-state index in [2.05, 4.69) is 10.0 Å². The third-order valence-electron chi connectivity index (χ3n) is 0.759. The first kappa shape index (κ1) is 8.52. The van der Waals surface area contributed by atoms with Crippen LogP contribution in [-0.4, -0.2) is 5.97 Å². The molecule has 0 rings (SSSR count). The van der Waals surface area contributed by atoms with Crippen LogP contribution in [0.25, 0.3) is 10.4 Å². The highest BCUT2D eigenvalue weighted by Gasteiger charge is 1.90. The summed E-state index contributed by atoms with van der Waals surface area (Å²) in [7, 11) is 0. The minimum Gasteiger partial charge on any atom is -0.545 e. The first-order chi connectivity index (χ1) is 4.72. The summed E-state index contributed by atoms with van der Waals surface area (Å²) < 4.78 is 0. The Bertz CT molecular complexity index is 199. The van der Waals surface area contributed by atoms with Gasteiger partial charge in [-0.15, -0.1) is 0 Å². The molecule has 0 spiro atoms. The highest BCUT2D eigenvalue weighted by molar-refractivity contribution is 5.84. The van der Waals surface area contributed by atoms with Crippen molar-refractivity contribution in [1.29, 1.82) is 0 Å². The van der Waals surface area contributed by atoms with Crippen LogP contribution in [0.3, 0.4) is 0 Å². The van der Waals surface area contributed by atoms with E-state index in [1.165, 1.54) is 6.08 Å². The van der Waals surface area contributed by atoms with Gasteiger partial charge in [-0.05, 0) is 12.0 Å². The summed E-state index contributed by atoms with van der Waals surface area (Å²) in [5.41, 5.74) is 7.48. The van der Waals surface area contributed by atoms with Crippen LogP contribution in [0.15, 0.2) is 16.9 Å². The molecule has 0 aromatic heterocycles. The van der Waals surface area contributed by atoms with Crippen molar-refractivity contribution in [2.45, 2.75) is 13.3 Å². The number of nitrogens with zero attached hydrogens (tertiary/aromatic N) is 3. The smallest absolute Gasteiger partial charge is 0.0735 e. The molecule has 0 atom stereocenters. The molecule has 0 aliphatic carbocycles. The van der Waals surface area contributed by atoms with Crippen molar-refractivity contribution < 1.29 is 9.90 Å². The molecule has 0 aromatic carbocycles. The molecule has 0 saturated carbocycles. The number of carboxylic acid groups (broad SMARTS) is 1. The molecular weight excluding hydrogens is 134 g/mol. The third kappa shape index (κ3) is 2.74. The maximum absolute atomic E-state index is 10.0. The summed E-state index contributed by atoms with van der Waals surface area (Å²) in [4.78, 5) is 12.3. The lowest BCUT2D eigenvalue weighted by atomic mass is 10.3. The number of carbonyl (C=O) groups excluding carboxylic acids is 1. The fourth-order valence-electron chi connectivity index (χ4n) is 0.407. The third-order valence-corrected chi connectivity index (χ3v) is 0.759. The highest BCUT2D eigenvalue weighted by Crippen LogP contribution is 1.96. The van der Waals surface area contributed by atoms with Crippen LogP contribution in [0, 0.1) is 0 Å². The van der Waals surface area contributed by atoms with E-state index in [0.29, 0.717) is 6.42 Å². The zero-order chi connectivity index (χ0) is 7.98. The largest absolute Gasteiger partial charge is 0.545 e. The quantitative estimate of drug-likeness (QED) is 0.245. The number of allylic oxidation sites excluding steroid dienone is 1. The summed E-state index contributed by atoms with van der Waals surface area (Å²) in [5.74, 6) is -1.44. The van der Waals surface area contributed by atoms with Crippen molar-refractivity contribution in [3.8, 4) is 0 Å². The standard InChI is InChI=1S/C5H7N3O2/c1-2-3-4(5(9)10)7-8-6/h3H,2H2,1H3,(H,9,10)/p-1. The molecular formula is C5H6N3O2-. The van der Waals surface area contributed by atoms with E-state index in [0.717, 1.165) is 0 Å². The highest BCUT2D eigenvalue weighted by atomic mass is 16.4. The van der Waals surface area contributed by atoms with Gasteiger partial charge >= 0.3 is 0 Å². The molecule has 0 aliphatic heterocycles. The molecule has 0 aliphatic rings. The molecule has 0 heterocycles. The van der Waals surface area contributed by atoms with Crippen LogP contribution in [0.5, 0.6) is 0 Å². The van der Waals surface area contributed by atoms with E-state index in [1.54, 1.807) is 6.92 Å². The van der Waals surface area contributed by atoms with E-state index in [4.69, 9.17) is 5.53 Å². The molecule has 0 bridgehead atoms. The molecule has 0 fully saturated rings. The van der Waals surface area contributed by atoms with E-state index in [1.807, 2.05) is 0 Å². The predicted octanol–water partition coefficient (Wildman–Crippen LogP) is 0.340. The second kappa shape index (κ2) is 4.40. The average molecular weight is 140 g/mol. The maximum Gasteiger partial charge on any atom is 0.0735 e. The van der Waals surface area contributed by atoms with E-state index < -0.39 is 5.97 Å². The molecule has 54 valence electrons. The van der Waals surface area contributed by atoms with E-state index in [-0.39, 0.29) is 5.70 Å². The minimum absolute atomic E-state index is 0.356. The summed E-state index contributed by atoms with van der Waals surface area (Å²) >= 11 is 0. The van der Waals surface area contributed by atoms with Crippen molar-refractivity contribution >= 4 is 5.97 Å². The van der Waals surface area contributed by atoms with Gasteiger partial charge in [0.05, 0.1) is 11.7 Å². The summed E-state index contributed by atoms with van der Waals surface area (Å²) in [6, 6.07) is 0. The van der Waals surface area contributed by atoms with Crippen LogP contribution < -0.4 is 5.11 Å². The summed E-state index contributed by atoms with van der Waals surface area (Å²) in [6.45, 7) is 1.73. The molecule has 10 heavy (non-hydrogen) atoms. The minimum atomic E-state index is -1.44. The lowest BCUT2D eigenvalue weighted by Crippen LogP contribution is -2.23. The lowest BCUT2D eigenvalue weighted by molar-refractivity contribution is -0.299. The topological polar surface area (TPSA) is 88.9 Å². The number of rotatable bonds is 3. The first-order valence-corrected chi connectivity index (χ1v) is 2.69. The molecule has 0 radical (unpaired) electrons. The van der Waals surface area contributed by atoms with Gasteiger partial charge in [0.15, 0.2) is 0 Å². The Hall–Kier alpha value is -1.48. The van der Waals surface area contributed by atoms with Crippen LogP contribution >= 0.6 is 0 Å². The lowest BCUT2D eigenvalue weighted by Gasteiger charge is -1.97. The van der Waals surface area contributed by atoms with E-state index in [9.17, 15) is 9.90 Å². The van der Waals surface area contributed by atoms with Crippen molar-refractivity contribution in [1.82, 2.24) is 0 Å². The zero-order valence-electron chi connectivity index (χ0n) is 5.44. The van der Waals surface area contributed by atoms with Crippen molar-refractivity contribution in [2.75, 3.05) is 0 Å². The Morgan fingerprint density at radius 2 is 2.50 bits per heavy atom. The molecule has 5 nitrogen and oxygen atoms in total. The predicted molar refractivity (Wildman–Crippen MR) is 32.5 cm³/mol. The van der Waals surface area contributed by atoms with E-state index >= 15 is 0 Å². The normalized spacial score (nSPS) is 10.3. The number of hydrogen-bond donors (Lipinski definition) is 0. The second-order valence-corrected chi connectivity index (χ2v) is 1.47. The van der Waals surface area contributed by atoms with Crippen molar-refractivity contribution in [3.63, 3.8) is 0 Å². The number of carbonyl (C=O) groups is 1. The number of aliphatic carboxylic acids is 1. The fourth-order valence-corrected chi connectivity index (χ4v) is 0.407. The zero-order valence-corrected chi connectivity index (χ0v) is 5.44. The first-order valence-electron chi connectivity index (χ1n) is 2.69. The van der Waals surface area contributed by atoms with Gasteiger partial charge in [0.2, 0.25) is 0 Å². The summed E-state index contributed by atoms with van der Waals surface area (Å²) in [5, 5.41) is 12.9. The Morgan fingerprint density at radius 1 is 1.90 bits per heavy atom. The van der Waals surface area contributed by atoms with Gasteiger partial charge < -0.3 is 9.90 Å². The Morgan fingerprint density at radius 3 is 2.80 bits per heavy atom. The molecule has 5 heteroatoms. The Balaban J connectivity index is 4.41. The van der Waals surface area contributed by atoms with Gasteiger partial charge in [0.1, 0.15) is 0 Å². The van der Waals surface area contributed by atoms with Gasteiger partial charge in [-0.2, -0.15) is 0 Å². The van der Waals surface area contributed by atoms with Gasteiger partial charge in [0.25, 0.3) is 0 Å². The monoisotopic (exact) mass is 140 g/mol. The van der Waals surface area contributed by atoms with Gasteiger partial charge in [-0.25, -0.2) is 0 Å². The number of carboxylic acids is 1. The SMILES string of the molecule is CCC=C(N=[N+]=[N-])C(=O)[O-]. The molecule has 0 unspecified atom stereocenters. The fraction of sp³-hybridized carbons (Fsp3) is 0.400. The average Bonchev–Trinajstić information content (AvgIpc) is 1.87. The van der Waals surface area contributed by atoms with Crippen LogP contribution in [0.4, 0.5) is 0 Å². The van der Waals surface area contributed by atoms with Crippen molar-refractivity contribution in [2.24, 2.45) is 5.11 Å². The van der Waals surface area contributed by atoms with Gasteiger partial charge in [-0.1, -0.05) is 18.1 Å². The molecule has 0 saturated heterocycles. The van der Waals surface area contributed by atoms with Crippen LogP contribution in [-0.2, 0) is 4.79 Å². The summed E-state index contributed by atoms with van der Waals surface area (Å²) in [6.07, 6.45) is 1.79. The van der Waals surface area contributed by atoms with Crippen LogP contribution in [0.2, 0.25) is 0 Å². The second-order valence-electron chi connectivity index (χ2n) is 1.47. The Labute approximate surface area is 57.6 Å².